The lowest BCUT2D eigenvalue weighted by molar-refractivity contribution is -0.142. The summed E-state index contributed by atoms with van der Waals surface area (Å²) in [6.45, 7) is 8.67. The zero-order valence-electron chi connectivity index (χ0n) is 18.6. The zero-order chi connectivity index (χ0) is 23.2. The van der Waals surface area contributed by atoms with E-state index in [2.05, 4.69) is 34.1 Å². The highest BCUT2D eigenvalue weighted by Crippen LogP contribution is 2.33. The average Bonchev–Trinajstić information content (AvgIpc) is 3.43. The first-order valence-corrected chi connectivity index (χ1v) is 10.8. The number of rotatable bonds is 5. The first kappa shape index (κ1) is 22.3. The van der Waals surface area contributed by atoms with E-state index in [1.165, 1.54) is 0 Å². The molecule has 1 N–H and O–H groups in total. The number of aromatic nitrogens is 5. The highest BCUT2D eigenvalue weighted by molar-refractivity contribution is 5.92. The van der Waals surface area contributed by atoms with E-state index in [0.717, 1.165) is 22.7 Å². The maximum absolute atomic E-state index is 13.6. The molecule has 3 aromatic rings. The molecule has 4 rings (SSSR count). The number of H-pyrrole nitrogens is 1. The van der Waals surface area contributed by atoms with E-state index in [4.69, 9.17) is 0 Å². The lowest BCUT2D eigenvalue weighted by Crippen LogP contribution is -2.28. The van der Waals surface area contributed by atoms with Crippen LogP contribution in [0.25, 0.3) is 5.65 Å². The van der Waals surface area contributed by atoms with Crippen LogP contribution in [0.4, 0.5) is 13.2 Å². The van der Waals surface area contributed by atoms with Crippen LogP contribution in [0.2, 0.25) is 0 Å². The van der Waals surface area contributed by atoms with Crippen molar-refractivity contribution in [3.63, 3.8) is 0 Å². The van der Waals surface area contributed by atoms with Crippen molar-refractivity contribution in [2.24, 2.45) is 5.92 Å². The van der Waals surface area contributed by atoms with Crippen molar-refractivity contribution >= 4 is 11.6 Å². The molecule has 0 aromatic carbocycles. The molecule has 1 fully saturated rings. The number of carbonyl (C=O) groups is 1. The van der Waals surface area contributed by atoms with Gasteiger partial charge in [0, 0.05) is 36.5 Å². The Bertz CT molecular complexity index is 1130. The Balaban J connectivity index is 1.57. The Morgan fingerprint density at radius 3 is 2.62 bits per heavy atom. The van der Waals surface area contributed by atoms with E-state index in [1.54, 1.807) is 30.9 Å². The van der Waals surface area contributed by atoms with Crippen LogP contribution < -0.4 is 0 Å². The maximum atomic E-state index is 13.6. The molecule has 0 spiro atoms. The van der Waals surface area contributed by atoms with Crippen molar-refractivity contribution in [1.82, 2.24) is 29.7 Å². The lowest BCUT2D eigenvalue weighted by atomic mass is 10.1. The highest BCUT2D eigenvalue weighted by Gasteiger charge is 2.37. The molecule has 32 heavy (non-hydrogen) atoms. The molecule has 0 radical (unpaired) electrons. The van der Waals surface area contributed by atoms with E-state index in [0.29, 0.717) is 42.5 Å². The van der Waals surface area contributed by atoms with Crippen LogP contribution in [0, 0.1) is 5.92 Å². The predicted molar refractivity (Wildman–Crippen MR) is 112 cm³/mol. The summed E-state index contributed by atoms with van der Waals surface area (Å²) in [5.41, 5.74) is 1.49. The first-order chi connectivity index (χ1) is 15.0. The molecule has 0 aliphatic carbocycles. The number of carbonyl (C=O) groups excluding carboxylic acids is 1. The van der Waals surface area contributed by atoms with Gasteiger partial charge in [0.25, 0.3) is 5.91 Å². The summed E-state index contributed by atoms with van der Waals surface area (Å²) in [7, 11) is 0. The van der Waals surface area contributed by atoms with Crippen LogP contribution >= 0.6 is 0 Å². The number of hydrogen-bond acceptors (Lipinski definition) is 4. The number of hydrogen-bond donors (Lipinski definition) is 1. The molecule has 0 bridgehead atoms. The van der Waals surface area contributed by atoms with E-state index >= 15 is 0 Å². The van der Waals surface area contributed by atoms with Gasteiger partial charge in [0.15, 0.2) is 5.65 Å². The minimum atomic E-state index is -4.54. The molecular weight excluding hydrogens is 421 g/mol. The lowest BCUT2D eigenvalue weighted by Gasteiger charge is -2.14. The monoisotopic (exact) mass is 448 g/mol. The van der Waals surface area contributed by atoms with Crippen LogP contribution in [0.15, 0.2) is 18.2 Å². The van der Waals surface area contributed by atoms with E-state index in [9.17, 15) is 18.0 Å². The van der Waals surface area contributed by atoms with Gasteiger partial charge in [0.05, 0.1) is 5.69 Å². The predicted octanol–water partition coefficient (Wildman–Crippen LogP) is 4.42. The summed E-state index contributed by atoms with van der Waals surface area (Å²) in [6, 6.07) is 4.44. The zero-order valence-corrected chi connectivity index (χ0v) is 18.6. The molecule has 0 unspecified atom stereocenters. The van der Waals surface area contributed by atoms with Crippen LogP contribution in [0.3, 0.4) is 0 Å². The number of amides is 1. The van der Waals surface area contributed by atoms with Crippen LogP contribution in [0.1, 0.15) is 79.2 Å². The van der Waals surface area contributed by atoms with Gasteiger partial charge in [0.1, 0.15) is 11.4 Å². The van der Waals surface area contributed by atoms with Crippen LogP contribution in [0.5, 0.6) is 0 Å². The van der Waals surface area contributed by atoms with Gasteiger partial charge in [-0.25, -0.2) is 9.50 Å². The SMILES string of the molecule is CC(C)Cc1cc(C(=O)N2CC[C@H](c3cc4nc(C(C)C)cc(C(F)(F)F)n4n3)C2)n[nH]1. The molecule has 1 aliphatic rings. The van der Waals surface area contributed by atoms with Gasteiger partial charge in [-0.2, -0.15) is 23.4 Å². The topological polar surface area (TPSA) is 79.2 Å². The van der Waals surface area contributed by atoms with Gasteiger partial charge in [0.2, 0.25) is 0 Å². The highest BCUT2D eigenvalue weighted by atomic mass is 19.4. The first-order valence-electron chi connectivity index (χ1n) is 10.8. The summed E-state index contributed by atoms with van der Waals surface area (Å²) in [5, 5.41) is 11.3. The molecule has 1 saturated heterocycles. The van der Waals surface area contributed by atoms with Gasteiger partial charge in [-0.3, -0.25) is 9.89 Å². The number of halogens is 3. The van der Waals surface area contributed by atoms with Gasteiger partial charge < -0.3 is 4.90 Å². The molecule has 172 valence electrons. The van der Waals surface area contributed by atoms with Gasteiger partial charge in [-0.15, -0.1) is 0 Å². The molecule has 0 saturated carbocycles. The average molecular weight is 448 g/mol. The molecular formula is C22H27F3N6O. The minimum Gasteiger partial charge on any atom is -0.337 e. The quantitative estimate of drug-likeness (QED) is 0.627. The van der Waals surface area contributed by atoms with Crippen LogP contribution in [-0.4, -0.2) is 48.7 Å². The molecule has 3 aromatic heterocycles. The number of nitrogens with zero attached hydrogens (tertiary/aromatic N) is 5. The summed E-state index contributed by atoms with van der Waals surface area (Å²) in [4.78, 5) is 18.9. The summed E-state index contributed by atoms with van der Waals surface area (Å²) >= 11 is 0. The second-order valence-corrected chi connectivity index (χ2v) is 9.17. The summed E-state index contributed by atoms with van der Waals surface area (Å²) in [6.07, 6.45) is -3.12. The molecule has 1 aliphatic heterocycles. The van der Waals surface area contributed by atoms with Crippen molar-refractivity contribution < 1.29 is 18.0 Å². The fourth-order valence-electron chi connectivity index (χ4n) is 4.07. The second-order valence-electron chi connectivity index (χ2n) is 9.17. The van der Waals surface area contributed by atoms with Gasteiger partial charge in [-0.1, -0.05) is 27.7 Å². The van der Waals surface area contributed by atoms with Gasteiger partial charge >= 0.3 is 6.18 Å². The molecule has 1 atom stereocenters. The maximum Gasteiger partial charge on any atom is 0.433 e. The fourth-order valence-corrected chi connectivity index (χ4v) is 4.07. The molecule has 1 amide bonds. The third-order valence-electron chi connectivity index (χ3n) is 5.72. The summed E-state index contributed by atoms with van der Waals surface area (Å²) in [5.74, 6) is -0.0402. The van der Waals surface area contributed by atoms with Gasteiger partial charge in [-0.05, 0) is 36.8 Å². The third-order valence-corrected chi connectivity index (χ3v) is 5.72. The normalized spacial score (nSPS) is 17.3. The second kappa shape index (κ2) is 8.22. The minimum absolute atomic E-state index is 0.145. The fraction of sp³-hybridized carbons (Fsp3) is 0.545. The molecule has 4 heterocycles. The van der Waals surface area contributed by atoms with Crippen molar-refractivity contribution in [1.29, 1.82) is 0 Å². The van der Waals surface area contributed by atoms with Crippen molar-refractivity contribution in [2.75, 3.05) is 13.1 Å². The largest absolute Gasteiger partial charge is 0.433 e. The smallest absolute Gasteiger partial charge is 0.337 e. The van der Waals surface area contributed by atoms with Crippen molar-refractivity contribution in [3.8, 4) is 0 Å². The Morgan fingerprint density at radius 1 is 1.22 bits per heavy atom. The Morgan fingerprint density at radius 2 is 1.97 bits per heavy atom. The number of alkyl halides is 3. The van der Waals surface area contributed by atoms with E-state index < -0.39 is 11.9 Å². The number of fused-ring (bicyclic) bond motifs is 1. The Kier molecular flexibility index (Phi) is 5.72. The number of likely N-dealkylation sites (tertiary alicyclic amines) is 1. The Labute approximate surface area is 184 Å². The van der Waals surface area contributed by atoms with E-state index in [-0.39, 0.29) is 23.4 Å². The van der Waals surface area contributed by atoms with Crippen molar-refractivity contribution in [2.45, 2.75) is 58.5 Å². The van der Waals surface area contributed by atoms with E-state index in [1.807, 2.05) is 0 Å². The third kappa shape index (κ3) is 4.35. The molecule has 10 heteroatoms. The van der Waals surface area contributed by atoms with Crippen molar-refractivity contribution in [3.05, 3.63) is 46.7 Å². The standard InChI is InChI=1S/C22H27F3N6O/c1-12(2)7-15-8-18(28-27-15)21(32)30-6-5-14(11-30)17-10-20-26-16(13(3)4)9-19(22(23,24)25)31(20)29-17/h8-10,12-14H,5-7,11H2,1-4H3,(H,27,28)/t14-/m0/s1. The summed E-state index contributed by atoms with van der Waals surface area (Å²) < 4.78 is 41.8. The molecule has 7 nitrogen and oxygen atoms in total. The number of nitrogens with one attached hydrogen (secondary N) is 1. The Hall–Kier alpha value is -2.91. The van der Waals surface area contributed by atoms with Crippen LogP contribution in [-0.2, 0) is 12.6 Å². The number of aromatic amines is 1.